The van der Waals surface area contributed by atoms with E-state index >= 15 is 0 Å². The van der Waals surface area contributed by atoms with Gasteiger partial charge in [-0.3, -0.25) is 9.59 Å². The highest BCUT2D eigenvalue weighted by atomic mass is 35.5. The van der Waals surface area contributed by atoms with E-state index in [9.17, 15) is 9.59 Å². The number of benzene rings is 1. The van der Waals surface area contributed by atoms with E-state index in [2.05, 4.69) is 0 Å². The maximum Gasteiger partial charge on any atom is 0.323 e. The standard InChI is InChI=1S/C13H15ClN2O3/c14-9-2-1-3-10(12(9)13(15)19)16(7-11(17)18)6-8-4-5-8/h1-3,8H,4-7H2,(H2,15,19)(H,17,18). The summed E-state index contributed by atoms with van der Waals surface area (Å²) in [5.74, 6) is -1.11. The number of carbonyl (C=O) groups excluding carboxylic acids is 1. The Labute approximate surface area is 116 Å². The zero-order valence-corrected chi connectivity index (χ0v) is 11.1. The van der Waals surface area contributed by atoms with Crippen LogP contribution in [-0.4, -0.2) is 30.1 Å². The van der Waals surface area contributed by atoms with Crippen molar-refractivity contribution in [2.45, 2.75) is 12.8 Å². The maximum atomic E-state index is 11.5. The lowest BCUT2D eigenvalue weighted by atomic mass is 10.1. The van der Waals surface area contributed by atoms with Crippen molar-refractivity contribution < 1.29 is 14.7 Å². The zero-order chi connectivity index (χ0) is 14.0. The third-order valence-corrected chi connectivity index (χ3v) is 3.40. The Morgan fingerprint density at radius 3 is 2.63 bits per heavy atom. The fourth-order valence-electron chi connectivity index (χ4n) is 2.04. The molecule has 3 N–H and O–H groups in total. The molecule has 1 aliphatic carbocycles. The molecule has 0 spiro atoms. The van der Waals surface area contributed by atoms with Gasteiger partial charge in [-0.15, -0.1) is 0 Å². The Balaban J connectivity index is 2.36. The number of halogens is 1. The number of carbonyl (C=O) groups is 2. The van der Waals surface area contributed by atoms with Crippen molar-refractivity contribution in [2.24, 2.45) is 11.7 Å². The summed E-state index contributed by atoms with van der Waals surface area (Å²) in [4.78, 5) is 24.1. The van der Waals surface area contributed by atoms with Gasteiger partial charge < -0.3 is 15.7 Å². The molecular weight excluding hydrogens is 268 g/mol. The van der Waals surface area contributed by atoms with E-state index in [0.717, 1.165) is 12.8 Å². The number of carboxylic acid groups (broad SMARTS) is 1. The molecule has 1 aromatic carbocycles. The van der Waals surface area contributed by atoms with Crippen molar-refractivity contribution in [3.63, 3.8) is 0 Å². The number of rotatable bonds is 6. The summed E-state index contributed by atoms with van der Waals surface area (Å²) in [6.07, 6.45) is 2.17. The number of hydrogen-bond acceptors (Lipinski definition) is 3. The maximum absolute atomic E-state index is 11.5. The first kappa shape index (κ1) is 13.7. The number of aliphatic carboxylic acids is 1. The second kappa shape index (κ2) is 5.48. The van der Waals surface area contributed by atoms with Crippen molar-refractivity contribution in [3.05, 3.63) is 28.8 Å². The van der Waals surface area contributed by atoms with Gasteiger partial charge in [0.2, 0.25) is 0 Å². The number of hydrogen-bond donors (Lipinski definition) is 2. The average molecular weight is 283 g/mol. The Hall–Kier alpha value is -1.75. The van der Waals surface area contributed by atoms with Crippen LogP contribution in [-0.2, 0) is 4.79 Å². The number of nitrogens with zero attached hydrogens (tertiary/aromatic N) is 1. The van der Waals surface area contributed by atoms with Gasteiger partial charge in [-0.1, -0.05) is 17.7 Å². The zero-order valence-electron chi connectivity index (χ0n) is 10.3. The number of amides is 1. The molecule has 1 fully saturated rings. The highest BCUT2D eigenvalue weighted by molar-refractivity contribution is 6.34. The minimum atomic E-state index is -0.948. The van der Waals surface area contributed by atoms with Crippen molar-refractivity contribution in [1.29, 1.82) is 0 Å². The van der Waals surface area contributed by atoms with Crippen LogP contribution >= 0.6 is 11.6 Å². The summed E-state index contributed by atoms with van der Waals surface area (Å²) in [5.41, 5.74) is 6.01. The molecule has 0 heterocycles. The highest BCUT2D eigenvalue weighted by Gasteiger charge is 2.27. The predicted molar refractivity (Wildman–Crippen MR) is 72.5 cm³/mol. The summed E-state index contributed by atoms with van der Waals surface area (Å²) in [7, 11) is 0. The van der Waals surface area contributed by atoms with Gasteiger partial charge in [0, 0.05) is 6.54 Å². The molecule has 1 aliphatic rings. The molecule has 1 amide bonds. The second-order valence-corrected chi connectivity index (χ2v) is 5.12. The largest absolute Gasteiger partial charge is 0.480 e. The first-order valence-electron chi connectivity index (χ1n) is 6.04. The molecule has 2 rings (SSSR count). The van der Waals surface area contributed by atoms with Gasteiger partial charge in [0.15, 0.2) is 0 Å². The van der Waals surface area contributed by atoms with Gasteiger partial charge in [-0.2, -0.15) is 0 Å². The molecule has 102 valence electrons. The lowest BCUT2D eigenvalue weighted by molar-refractivity contribution is -0.135. The third kappa shape index (κ3) is 3.38. The summed E-state index contributed by atoms with van der Waals surface area (Å²) >= 11 is 5.98. The van der Waals surface area contributed by atoms with Crippen molar-refractivity contribution >= 4 is 29.2 Å². The van der Waals surface area contributed by atoms with Crippen LogP contribution in [0.1, 0.15) is 23.2 Å². The quantitative estimate of drug-likeness (QED) is 0.832. The van der Waals surface area contributed by atoms with Crippen LogP contribution in [0.2, 0.25) is 5.02 Å². The van der Waals surface area contributed by atoms with E-state index in [1.54, 1.807) is 23.1 Å². The van der Waals surface area contributed by atoms with Gasteiger partial charge in [0.05, 0.1) is 16.3 Å². The fraction of sp³-hybridized carbons (Fsp3) is 0.385. The number of nitrogens with two attached hydrogens (primary N) is 1. The summed E-state index contributed by atoms with van der Waals surface area (Å²) in [6, 6.07) is 4.93. The molecule has 0 aliphatic heterocycles. The molecule has 0 radical (unpaired) electrons. The average Bonchev–Trinajstić information content (AvgIpc) is 3.10. The van der Waals surface area contributed by atoms with E-state index < -0.39 is 11.9 Å². The molecule has 0 saturated heterocycles. The fourth-order valence-corrected chi connectivity index (χ4v) is 2.31. The topological polar surface area (TPSA) is 83.6 Å². The second-order valence-electron chi connectivity index (χ2n) is 4.72. The molecule has 0 aromatic heterocycles. The smallest absolute Gasteiger partial charge is 0.323 e. The van der Waals surface area contributed by atoms with Crippen LogP contribution < -0.4 is 10.6 Å². The first-order chi connectivity index (χ1) is 8.99. The van der Waals surface area contributed by atoms with Crippen LogP contribution in [0.25, 0.3) is 0 Å². The van der Waals surface area contributed by atoms with Crippen LogP contribution in [0.15, 0.2) is 18.2 Å². The molecule has 0 bridgehead atoms. The van der Waals surface area contributed by atoms with Crippen molar-refractivity contribution in [3.8, 4) is 0 Å². The number of anilines is 1. The minimum absolute atomic E-state index is 0.170. The Kier molecular flexibility index (Phi) is 3.95. The van der Waals surface area contributed by atoms with Gasteiger partial charge in [0.1, 0.15) is 6.54 Å². The molecule has 0 atom stereocenters. The van der Waals surface area contributed by atoms with Crippen LogP contribution in [0, 0.1) is 5.92 Å². The Morgan fingerprint density at radius 2 is 2.11 bits per heavy atom. The molecule has 0 unspecified atom stereocenters. The van der Waals surface area contributed by atoms with Gasteiger partial charge >= 0.3 is 5.97 Å². The molecule has 1 aromatic rings. The summed E-state index contributed by atoms with van der Waals surface area (Å²) < 4.78 is 0. The molecule has 1 saturated carbocycles. The highest BCUT2D eigenvalue weighted by Crippen LogP contribution is 2.33. The van der Waals surface area contributed by atoms with Crippen molar-refractivity contribution in [1.82, 2.24) is 0 Å². The van der Waals surface area contributed by atoms with Gasteiger partial charge in [-0.05, 0) is 30.9 Å². The number of primary amides is 1. The van der Waals surface area contributed by atoms with Crippen LogP contribution in [0.5, 0.6) is 0 Å². The molecule has 6 heteroatoms. The van der Waals surface area contributed by atoms with Crippen molar-refractivity contribution in [2.75, 3.05) is 18.0 Å². The lowest BCUT2D eigenvalue weighted by Crippen LogP contribution is -2.33. The first-order valence-corrected chi connectivity index (χ1v) is 6.42. The Bertz CT molecular complexity index is 515. The minimum Gasteiger partial charge on any atom is -0.480 e. The van der Waals surface area contributed by atoms with Gasteiger partial charge in [0.25, 0.3) is 5.91 Å². The Morgan fingerprint density at radius 1 is 1.42 bits per heavy atom. The summed E-state index contributed by atoms with van der Waals surface area (Å²) in [6.45, 7) is 0.435. The lowest BCUT2D eigenvalue weighted by Gasteiger charge is -2.25. The monoisotopic (exact) mass is 282 g/mol. The van der Waals surface area contributed by atoms with E-state index in [-0.39, 0.29) is 17.1 Å². The SMILES string of the molecule is NC(=O)c1c(Cl)cccc1N(CC(=O)O)CC1CC1. The number of carboxylic acids is 1. The van der Waals surface area contributed by atoms with E-state index in [0.29, 0.717) is 18.2 Å². The molecule has 19 heavy (non-hydrogen) atoms. The van der Waals surface area contributed by atoms with E-state index in [1.807, 2.05) is 0 Å². The predicted octanol–water partition coefficient (Wildman–Crippen LogP) is 1.74. The van der Waals surface area contributed by atoms with E-state index in [1.165, 1.54) is 0 Å². The molecular formula is C13H15ClN2O3. The van der Waals surface area contributed by atoms with Crippen LogP contribution in [0.3, 0.4) is 0 Å². The third-order valence-electron chi connectivity index (χ3n) is 3.08. The molecule has 5 nitrogen and oxygen atoms in total. The van der Waals surface area contributed by atoms with Crippen LogP contribution in [0.4, 0.5) is 5.69 Å². The summed E-state index contributed by atoms with van der Waals surface area (Å²) in [5, 5.41) is 9.23. The van der Waals surface area contributed by atoms with E-state index in [4.69, 9.17) is 22.4 Å². The normalized spacial score (nSPS) is 14.2. The van der Waals surface area contributed by atoms with Gasteiger partial charge in [-0.25, -0.2) is 0 Å².